The van der Waals surface area contributed by atoms with E-state index in [0.29, 0.717) is 16.7 Å². The van der Waals surface area contributed by atoms with Crippen LogP contribution in [0.15, 0.2) is 12.1 Å². The Bertz CT molecular complexity index is 426. The standard InChI is InChI=1S/C14H19Cl2NO2/c1-18-6-3-2-5-17-13-4-7-19-14-11(13)8-10(15)9-12(14)16/h8-9,13,17H,2-7H2,1H3. The first-order chi connectivity index (χ1) is 9.22. The quantitative estimate of drug-likeness (QED) is 0.810. The van der Waals surface area contributed by atoms with E-state index in [4.69, 9.17) is 32.7 Å². The smallest absolute Gasteiger partial charge is 0.142 e. The largest absolute Gasteiger partial charge is 0.492 e. The first kappa shape index (κ1) is 14.9. The molecule has 19 heavy (non-hydrogen) atoms. The predicted molar refractivity (Wildman–Crippen MR) is 78.4 cm³/mol. The molecule has 1 atom stereocenters. The molecular weight excluding hydrogens is 285 g/mol. The minimum atomic E-state index is 0.266. The number of unbranched alkanes of at least 4 members (excludes halogenated alkanes) is 1. The Labute approximate surface area is 124 Å². The van der Waals surface area contributed by atoms with Crippen molar-refractivity contribution in [1.82, 2.24) is 5.32 Å². The van der Waals surface area contributed by atoms with Crippen molar-refractivity contribution in [2.45, 2.75) is 25.3 Å². The molecule has 1 heterocycles. The summed E-state index contributed by atoms with van der Waals surface area (Å²) in [6, 6.07) is 3.93. The fourth-order valence-corrected chi connectivity index (χ4v) is 2.85. The summed E-state index contributed by atoms with van der Waals surface area (Å²) < 4.78 is 10.7. The van der Waals surface area contributed by atoms with Gasteiger partial charge in [0.15, 0.2) is 0 Å². The van der Waals surface area contributed by atoms with Gasteiger partial charge in [-0.3, -0.25) is 0 Å². The van der Waals surface area contributed by atoms with E-state index < -0.39 is 0 Å². The average molecular weight is 304 g/mol. The van der Waals surface area contributed by atoms with Crippen LogP contribution in [0, 0.1) is 0 Å². The number of rotatable bonds is 6. The molecule has 0 bridgehead atoms. The first-order valence-electron chi connectivity index (χ1n) is 6.56. The number of methoxy groups -OCH3 is 1. The molecular formula is C14H19Cl2NO2. The molecule has 1 N–H and O–H groups in total. The summed E-state index contributed by atoms with van der Waals surface area (Å²) in [7, 11) is 1.73. The third-order valence-corrected chi connectivity index (χ3v) is 3.73. The highest BCUT2D eigenvalue weighted by Gasteiger charge is 2.23. The molecule has 1 aromatic rings. The Kier molecular flexibility index (Phi) is 5.76. The van der Waals surface area contributed by atoms with Crippen LogP contribution < -0.4 is 10.1 Å². The average Bonchev–Trinajstić information content (AvgIpc) is 2.39. The van der Waals surface area contributed by atoms with Crippen LogP contribution in [0.25, 0.3) is 0 Å². The van der Waals surface area contributed by atoms with E-state index in [1.165, 1.54) is 0 Å². The molecule has 2 rings (SSSR count). The van der Waals surface area contributed by atoms with Crippen molar-refractivity contribution in [2.75, 3.05) is 26.9 Å². The highest BCUT2D eigenvalue weighted by molar-refractivity contribution is 6.35. The summed E-state index contributed by atoms with van der Waals surface area (Å²) in [5.41, 5.74) is 1.07. The summed E-state index contributed by atoms with van der Waals surface area (Å²) in [6.07, 6.45) is 3.10. The molecule has 0 radical (unpaired) electrons. The first-order valence-corrected chi connectivity index (χ1v) is 7.32. The molecule has 0 spiro atoms. The lowest BCUT2D eigenvalue weighted by molar-refractivity contribution is 0.191. The zero-order valence-corrected chi connectivity index (χ0v) is 12.6. The zero-order chi connectivity index (χ0) is 13.7. The topological polar surface area (TPSA) is 30.5 Å². The molecule has 0 saturated carbocycles. The van der Waals surface area contributed by atoms with Crippen molar-refractivity contribution in [3.8, 4) is 5.75 Å². The van der Waals surface area contributed by atoms with Crippen molar-refractivity contribution in [3.63, 3.8) is 0 Å². The van der Waals surface area contributed by atoms with E-state index in [1.54, 1.807) is 13.2 Å². The van der Waals surface area contributed by atoms with Crippen molar-refractivity contribution >= 4 is 23.2 Å². The van der Waals surface area contributed by atoms with E-state index in [9.17, 15) is 0 Å². The maximum absolute atomic E-state index is 6.16. The van der Waals surface area contributed by atoms with Crippen LogP contribution in [-0.4, -0.2) is 26.9 Å². The minimum absolute atomic E-state index is 0.266. The molecule has 106 valence electrons. The van der Waals surface area contributed by atoms with Crippen LogP contribution in [0.2, 0.25) is 10.0 Å². The van der Waals surface area contributed by atoms with Crippen LogP contribution in [0.1, 0.15) is 30.9 Å². The normalized spacial score (nSPS) is 17.9. The second kappa shape index (κ2) is 7.34. The van der Waals surface area contributed by atoms with Gasteiger partial charge >= 0.3 is 0 Å². The van der Waals surface area contributed by atoms with Gasteiger partial charge in [0.1, 0.15) is 5.75 Å². The van der Waals surface area contributed by atoms with E-state index in [-0.39, 0.29) is 6.04 Å². The Morgan fingerprint density at radius 2 is 2.21 bits per heavy atom. The fourth-order valence-electron chi connectivity index (χ4n) is 2.29. The Morgan fingerprint density at radius 3 is 3.00 bits per heavy atom. The Hall–Kier alpha value is -0.480. The van der Waals surface area contributed by atoms with Gasteiger partial charge in [-0.1, -0.05) is 23.2 Å². The molecule has 1 unspecified atom stereocenters. The number of hydrogen-bond donors (Lipinski definition) is 1. The molecule has 0 saturated heterocycles. The van der Waals surface area contributed by atoms with E-state index in [0.717, 1.165) is 43.7 Å². The summed E-state index contributed by atoms with van der Waals surface area (Å²) in [5, 5.41) is 4.78. The summed E-state index contributed by atoms with van der Waals surface area (Å²) in [5.74, 6) is 0.770. The van der Waals surface area contributed by atoms with Gasteiger partial charge in [0, 0.05) is 36.8 Å². The molecule has 1 aromatic carbocycles. The fraction of sp³-hybridized carbons (Fsp3) is 0.571. The van der Waals surface area contributed by atoms with E-state index in [1.807, 2.05) is 6.07 Å². The number of hydrogen-bond acceptors (Lipinski definition) is 3. The van der Waals surface area contributed by atoms with Gasteiger partial charge in [-0.15, -0.1) is 0 Å². The van der Waals surface area contributed by atoms with Crippen molar-refractivity contribution in [3.05, 3.63) is 27.7 Å². The van der Waals surface area contributed by atoms with Crippen LogP contribution in [0.5, 0.6) is 5.75 Å². The molecule has 0 fully saturated rings. The zero-order valence-electron chi connectivity index (χ0n) is 11.0. The summed E-state index contributed by atoms with van der Waals surface area (Å²) in [4.78, 5) is 0. The summed E-state index contributed by atoms with van der Waals surface area (Å²) in [6.45, 7) is 2.45. The molecule has 0 amide bonds. The molecule has 3 nitrogen and oxygen atoms in total. The van der Waals surface area contributed by atoms with Crippen molar-refractivity contribution in [2.24, 2.45) is 0 Å². The lowest BCUT2D eigenvalue weighted by atomic mass is 10.0. The SMILES string of the molecule is COCCCCNC1CCOc2c(Cl)cc(Cl)cc21. The van der Waals surface area contributed by atoms with Gasteiger partial charge in [0.25, 0.3) is 0 Å². The predicted octanol–water partition coefficient (Wildman–Crippen LogP) is 3.83. The van der Waals surface area contributed by atoms with Gasteiger partial charge in [0.05, 0.1) is 11.6 Å². The number of nitrogens with one attached hydrogen (secondary N) is 1. The van der Waals surface area contributed by atoms with Gasteiger partial charge in [-0.25, -0.2) is 0 Å². The van der Waals surface area contributed by atoms with Gasteiger partial charge in [-0.2, -0.15) is 0 Å². The van der Waals surface area contributed by atoms with Crippen LogP contribution in [0.4, 0.5) is 0 Å². The third kappa shape index (κ3) is 3.99. The van der Waals surface area contributed by atoms with Crippen LogP contribution >= 0.6 is 23.2 Å². The van der Waals surface area contributed by atoms with Gasteiger partial charge in [0.2, 0.25) is 0 Å². The number of ether oxygens (including phenoxy) is 2. The monoisotopic (exact) mass is 303 g/mol. The lowest BCUT2D eigenvalue weighted by Gasteiger charge is -2.27. The highest BCUT2D eigenvalue weighted by Crippen LogP contribution is 2.39. The Morgan fingerprint density at radius 1 is 1.37 bits per heavy atom. The number of halogens is 2. The molecule has 1 aliphatic rings. The molecule has 0 aliphatic carbocycles. The lowest BCUT2D eigenvalue weighted by Crippen LogP contribution is -2.28. The number of fused-ring (bicyclic) bond motifs is 1. The minimum Gasteiger partial charge on any atom is -0.492 e. The maximum atomic E-state index is 6.16. The van der Waals surface area contributed by atoms with Crippen LogP contribution in [-0.2, 0) is 4.74 Å². The van der Waals surface area contributed by atoms with Gasteiger partial charge in [-0.05, 0) is 31.5 Å². The third-order valence-electron chi connectivity index (χ3n) is 3.23. The van der Waals surface area contributed by atoms with Gasteiger partial charge < -0.3 is 14.8 Å². The van der Waals surface area contributed by atoms with Crippen LogP contribution in [0.3, 0.4) is 0 Å². The van der Waals surface area contributed by atoms with Crippen molar-refractivity contribution in [1.29, 1.82) is 0 Å². The van der Waals surface area contributed by atoms with E-state index >= 15 is 0 Å². The second-order valence-electron chi connectivity index (χ2n) is 4.65. The molecule has 0 aromatic heterocycles. The second-order valence-corrected chi connectivity index (χ2v) is 5.49. The number of benzene rings is 1. The molecule has 1 aliphatic heterocycles. The Balaban J connectivity index is 1.97. The maximum Gasteiger partial charge on any atom is 0.142 e. The highest BCUT2D eigenvalue weighted by atomic mass is 35.5. The summed E-state index contributed by atoms with van der Waals surface area (Å²) >= 11 is 12.2. The molecule has 5 heteroatoms. The van der Waals surface area contributed by atoms with E-state index in [2.05, 4.69) is 5.32 Å². The van der Waals surface area contributed by atoms with Crippen molar-refractivity contribution < 1.29 is 9.47 Å².